The number of hydrogen-bond acceptors (Lipinski definition) is 11. The molecular formula is C21H31N3O9. The van der Waals surface area contributed by atoms with Crippen molar-refractivity contribution in [3.8, 4) is 0 Å². The molecule has 33 heavy (non-hydrogen) atoms. The van der Waals surface area contributed by atoms with Crippen LogP contribution in [0.25, 0.3) is 0 Å². The first-order valence-corrected chi connectivity index (χ1v) is 10.8. The highest BCUT2D eigenvalue weighted by molar-refractivity contribution is 5.68. The van der Waals surface area contributed by atoms with Crippen molar-refractivity contribution < 1.29 is 42.9 Å². The molecule has 1 aliphatic heterocycles. The van der Waals surface area contributed by atoms with Crippen LogP contribution in [-0.2, 0) is 49.3 Å². The van der Waals surface area contributed by atoms with E-state index in [-0.39, 0.29) is 6.61 Å². The molecule has 0 amide bonds. The second-order valence-electron chi connectivity index (χ2n) is 7.74. The summed E-state index contributed by atoms with van der Waals surface area (Å²) < 4.78 is 28.5. The zero-order chi connectivity index (χ0) is 24.5. The number of rotatable bonds is 10. The van der Waals surface area contributed by atoms with Gasteiger partial charge in [0.2, 0.25) is 6.29 Å². The molecule has 2 heterocycles. The molecular weight excluding hydrogens is 438 g/mol. The molecule has 0 aliphatic carbocycles. The molecule has 2 rings (SSSR count). The lowest BCUT2D eigenvalue weighted by Gasteiger charge is -2.44. The summed E-state index contributed by atoms with van der Waals surface area (Å²) in [7, 11) is 0. The Bertz CT molecular complexity index is 841. The van der Waals surface area contributed by atoms with E-state index >= 15 is 0 Å². The first-order valence-electron chi connectivity index (χ1n) is 10.8. The highest BCUT2D eigenvalue weighted by Crippen LogP contribution is 2.35. The first kappa shape index (κ1) is 26.2. The van der Waals surface area contributed by atoms with Crippen LogP contribution in [0.4, 0.5) is 0 Å². The number of nitrogens with zero attached hydrogens (tertiary/aromatic N) is 3. The van der Waals surface area contributed by atoms with Crippen LogP contribution in [-0.4, -0.2) is 70.1 Å². The predicted molar refractivity (Wildman–Crippen MR) is 110 cm³/mol. The molecule has 0 radical (unpaired) electrons. The number of esters is 4. The summed E-state index contributed by atoms with van der Waals surface area (Å²) >= 11 is 0. The molecule has 0 aromatic carbocycles. The van der Waals surface area contributed by atoms with E-state index in [9.17, 15) is 19.2 Å². The first-order chi connectivity index (χ1) is 15.6. The van der Waals surface area contributed by atoms with Crippen LogP contribution in [0.5, 0.6) is 0 Å². The van der Waals surface area contributed by atoms with Crippen molar-refractivity contribution in [2.24, 2.45) is 0 Å². The summed E-state index contributed by atoms with van der Waals surface area (Å²) in [6.45, 7) is 6.53. The predicted octanol–water partition coefficient (Wildman–Crippen LogP) is 1.27. The second-order valence-corrected chi connectivity index (χ2v) is 7.74. The quantitative estimate of drug-likeness (QED) is 0.277. The van der Waals surface area contributed by atoms with Gasteiger partial charge >= 0.3 is 23.9 Å². The highest BCUT2D eigenvalue weighted by Gasteiger charge is 2.53. The maximum atomic E-state index is 12.0. The molecule has 184 valence electrons. The number of hydrogen-bond donors (Lipinski definition) is 0. The summed E-state index contributed by atoms with van der Waals surface area (Å²) in [4.78, 5) is 46.9. The molecule has 5 atom stereocenters. The van der Waals surface area contributed by atoms with Crippen LogP contribution in [0.3, 0.4) is 0 Å². The van der Waals surface area contributed by atoms with E-state index in [0.717, 1.165) is 19.3 Å². The molecule has 12 heteroatoms. The maximum Gasteiger partial charge on any atom is 0.305 e. The molecule has 1 aromatic rings. The van der Waals surface area contributed by atoms with Crippen LogP contribution in [0.2, 0.25) is 0 Å². The molecule has 5 unspecified atom stereocenters. The van der Waals surface area contributed by atoms with Gasteiger partial charge in [0, 0.05) is 33.9 Å². The van der Waals surface area contributed by atoms with Gasteiger partial charge in [-0.25, -0.2) is 4.68 Å². The lowest BCUT2D eigenvalue weighted by molar-refractivity contribution is -0.280. The topological polar surface area (TPSA) is 145 Å². The summed E-state index contributed by atoms with van der Waals surface area (Å²) in [5, 5.41) is 8.28. The third-order valence-corrected chi connectivity index (χ3v) is 4.85. The Morgan fingerprint density at radius 3 is 2.15 bits per heavy atom. The third-order valence-electron chi connectivity index (χ3n) is 4.85. The molecule has 1 aromatic heterocycles. The minimum Gasteiger partial charge on any atom is -0.463 e. The fraction of sp³-hybridized carbons (Fsp3) is 0.714. The van der Waals surface area contributed by atoms with Crippen LogP contribution in [0.15, 0.2) is 6.20 Å². The fourth-order valence-corrected chi connectivity index (χ4v) is 3.55. The molecule has 0 N–H and O–H groups in total. The van der Waals surface area contributed by atoms with E-state index in [4.69, 9.17) is 23.7 Å². The Hall–Kier alpha value is -3.02. The summed E-state index contributed by atoms with van der Waals surface area (Å²) in [5.41, 5.74) is 0.692. The molecule has 1 saturated heterocycles. The van der Waals surface area contributed by atoms with Gasteiger partial charge in [0.25, 0.3) is 0 Å². The molecule has 1 fully saturated rings. The lowest BCUT2D eigenvalue weighted by atomic mass is 9.96. The minimum absolute atomic E-state index is 0.324. The number of carbonyl (C=O) groups excluding carboxylic acids is 4. The van der Waals surface area contributed by atoms with Gasteiger partial charge in [-0.05, 0) is 12.8 Å². The summed E-state index contributed by atoms with van der Waals surface area (Å²) in [6, 6.07) is -1.01. The number of aryl methyl sites for hydroxylation is 1. The van der Waals surface area contributed by atoms with Gasteiger partial charge in [-0.2, -0.15) is 0 Å². The van der Waals surface area contributed by atoms with Crippen LogP contribution in [0.1, 0.15) is 65.6 Å². The number of ether oxygens (including phenoxy) is 5. The van der Waals surface area contributed by atoms with Gasteiger partial charge in [0.05, 0.1) is 5.69 Å². The van der Waals surface area contributed by atoms with E-state index in [0.29, 0.717) is 12.1 Å². The Morgan fingerprint density at radius 1 is 0.939 bits per heavy atom. The second kappa shape index (κ2) is 12.3. The minimum atomic E-state index is -1.29. The smallest absolute Gasteiger partial charge is 0.305 e. The lowest BCUT2D eigenvalue weighted by Crippen LogP contribution is -2.60. The zero-order valence-electron chi connectivity index (χ0n) is 19.5. The van der Waals surface area contributed by atoms with E-state index in [1.54, 1.807) is 6.20 Å². The van der Waals surface area contributed by atoms with E-state index in [2.05, 4.69) is 17.2 Å². The van der Waals surface area contributed by atoms with Gasteiger partial charge in [-0.15, -0.1) is 5.10 Å². The third kappa shape index (κ3) is 7.81. The molecule has 0 saturated carbocycles. The van der Waals surface area contributed by atoms with Crippen LogP contribution < -0.4 is 0 Å². The van der Waals surface area contributed by atoms with Crippen molar-refractivity contribution in [2.45, 2.75) is 90.9 Å². The van der Waals surface area contributed by atoms with E-state index < -0.39 is 54.5 Å². The van der Waals surface area contributed by atoms with Crippen molar-refractivity contribution >= 4 is 23.9 Å². The Kier molecular flexibility index (Phi) is 9.76. The molecule has 1 aliphatic rings. The molecule has 12 nitrogen and oxygen atoms in total. The normalized spacial score (nSPS) is 24.6. The fourth-order valence-electron chi connectivity index (χ4n) is 3.55. The van der Waals surface area contributed by atoms with Crippen molar-refractivity contribution in [2.75, 3.05) is 6.61 Å². The monoisotopic (exact) mass is 469 g/mol. The Balaban J connectivity index is 2.46. The standard InChI is InChI=1S/C21H31N3O9/c1-6-7-8-9-16-10-24(23-22-16)18-20(31-14(4)27)19(30-13(3)26)17(11-29-12(2)25)33-21(18)32-15(5)28/h10,17-21H,6-9,11H2,1-5H3. The van der Waals surface area contributed by atoms with Gasteiger partial charge in [-0.1, -0.05) is 25.0 Å². The van der Waals surface area contributed by atoms with E-state index in [1.165, 1.54) is 32.4 Å². The maximum absolute atomic E-state index is 12.0. The summed E-state index contributed by atoms with van der Waals surface area (Å²) in [5.74, 6) is -2.59. The number of carbonyl (C=O) groups is 4. The Morgan fingerprint density at radius 2 is 1.58 bits per heavy atom. The van der Waals surface area contributed by atoms with Gasteiger partial charge in [0.15, 0.2) is 18.2 Å². The highest BCUT2D eigenvalue weighted by atomic mass is 16.7. The van der Waals surface area contributed by atoms with Crippen LogP contribution in [0, 0.1) is 0 Å². The largest absolute Gasteiger partial charge is 0.463 e. The van der Waals surface area contributed by atoms with Crippen molar-refractivity contribution in [3.63, 3.8) is 0 Å². The van der Waals surface area contributed by atoms with Crippen molar-refractivity contribution in [3.05, 3.63) is 11.9 Å². The van der Waals surface area contributed by atoms with Crippen LogP contribution >= 0.6 is 0 Å². The zero-order valence-corrected chi connectivity index (χ0v) is 19.5. The van der Waals surface area contributed by atoms with Crippen molar-refractivity contribution in [1.82, 2.24) is 15.0 Å². The number of aromatic nitrogens is 3. The SMILES string of the molecule is CCCCCc1cn(C2C(OC(C)=O)OC(COC(C)=O)C(OC(C)=O)C2OC(C)=O)nn1. The molecule has 0 spiro atoms. The average molecular weight is 469 g/mol. The van der Waals surface area contributed by atoms with Gasteiger partial charge in [-0.3, -0.25) is 19.2 Å². The average Bonchev–Trinajstić information content (AvgIpc) is 3.16. The number of unbranched alkanes of at least 4 members (excludes halogenated alkanes) is 2. The molecule has 0 bridgehead atoms. The van der Waals surface area contributed by atoms with Gasteiger partial charge < -0.3 is 23.7 Å². The summed E-state index contributed by atoms with van der Waals surface area (Å²) in [6.07, 6.45) is 0.607. The van der Waals surface area contributed by atoms with Gasteiger partial charge in [0.1, 0.15) is 12.7 Å². The van der Waals surface area contributed by atoms with Crippen molar-refractivity contribution in [1.29, 1.82) is 0 Å². The van der Waals surface area contributed by atoms with E-state index in [1.807, 2.05) is 0 Å². The Labute approximate surface area is 191 Å².